The number of nitrogens with one attached hydrogen (secondary N) is 1. The lowest BCUT2D eigenvalue weighted by atomic mass is 10.1. The zero-order chi connectivity index (χ0) is 11.4. The van der Waals surface area contributed by atoms with Crippen LogP contribution in [0.5, 0.6) is 5.75 Å². The Balaban J connectivity index is 2.77. The zero-order valence-electron chi connectivity index (χ0n) is 8.95. The summed E-state index contributed by atoms with van der Waals surface area (Å²) < 4.78 is 0. The van der Waals surface area contributed by atoms with Crippen molar-refractivity contribution in [1.29, 1.82) is 0 Å². The van der Waals surface area contributed by atoms with Crippen LogP contribution in [0.3, 0.4) is 0 Å². The van der Waals surface area contributed by atoms with Crippen LogP contribution in [0, 0.1) is 6.92 Å². The fraction of sp³-hybridized carbons (Fsp3) is 0.364. The lowest BCUT2D eigenvalue weighted by molar-refractivity contribution is 0.0949. The number of aryl methyl sites for hydroxylation is 1. The first kappa shape index (κ1) is 11.5. The molecule has 0 bridgehead atoms. The van der Waals surface area contributed by atoms with Crippen molar-refractivity contribution < 1.29 is 9.90 Å². The molecule has 1 aromatic carbocycles. The lowest BCUT2D eigenvalue weighted by Gasteiger charge is -2.09. The number of phenolic OH excluding ortho intramolecular Hbond substituents is 1. The van der Waals surface area contributed by atoms with Crippen LogP contribution in [0.15, 0.2) is 18.2 Å². The van der Waals surface area contributed by atoms with Gasteiger partial charge in [0.1, 0.15) is 5.75 Å². The Kier molecular flexibility index (Phi) is 3.68. The highest BCUT2D eigenvalue weighted by atomic mass is 16.3. The van der Waals surface area contributed by atoms with Gasteiger partial charge < -0.3 is 16.2 Å². The Morgan fingerprint density at radius 3 is 2.87 bits per heavy atom. The van der Waals surface area contributed by atoms with Gasteiger partial charge in [-0.05, 0) is 26.0 Å². The molecule has 1 rings (SSSR count). The Labute approximate surface area is 89.1 Å². The van der Waals surface area contributed by atoms with Crippen molar-refractivity contribution in [3.8, 4) is 5.75 Å². The molecule has 1 atom stereocenters. The van der Waals surface area contributed by atoms with Crippen LogP contribution in [0.2, 0.25) is 0 Å². The van der Waals surface area contributed by atoms with E-state index < -0.39 is 0 Å². The molecule has 82 valence electrons. The van der Waals surface area contributed by atoms with Crippen molar-refractivity contribution in [2.75, 3.05) is 6.54 Å². The number of rotatable bonds is 3. The quantitative estimate of drug-likeness (QED) is 0.687. The van der Waals surface area contributed by atoms with Gasteiger partial charge in [-0.15, -0.1) is 0 Å². The molecule has 0 heterocycles. The Hall–Kier alpha value is -1.55. The average molecular weight is 208 g/mol. The Bertz CT molecular complexity index is 362. The van der Waals surface area contributed by atoms with Crippen LogP contribution in [-0.2, 0) is 0 Å². The van der Waals surface area contributed by atoms with Gasteiger partial charge in [-0.1, -0.05) is 11.6 Å². The van der Waals surface area contributed by atoms with Crippen LogP contribution in [0.4, 0.5) is 0 Å². The summed E-state index contributed by atoms with van der Waals surface area (Å²) in [5.74, 6) is -0.309. The summed E-state index contributed by atoms with van der Waals surface area (Å²) >= 11 is 0. The van der Waals surface area contributed by atoms with Gasteiger partial charge in [0.05, 0.1) is 5.56 Å². The predicted octanol–water partition coefficient (Wildman–Crippen LogP) is 0.778. The van der Waals surface area contributed by atoms with Gasteiger partial charge in [-0.2, -0.15) is 0 Å². The third-order valence-electron chi connectivity index (χ3n) is 1.98. The summed E-state index contributed by atoms with van der Waals surface area (Å²) in [5.41, 5.74) is 6.73. The number of carbonyl (C=O) groups is 1. The predicted molar refractivity (Wildman–Crippen MR) is 58.8 cm³/mol. The van der Waals surface area contributed by atoms with Crippen molar-refractivity contribution in [3.05, 3.63) is 29.3 Å². The lowest BCUT2D eigenvalue weighted by Crippen LogP contribution is -2.35. The molecule has 4 heteroatoms. The first-order valence-corrected chi connectivity index (χ1v) is 4.84. The third kappa shape index (κ3) is 3.25. The van der Waals surface area contributed by atoms with Crippen LogP contribution in [0.1, 0.15) is 22.8 Å². The van der Waals surface area contributed by atoms with Crippen molar-refractivity contribution in [1.82, 2.24) is 5.32 Å². The highest BCUT2D eigenvalue weighted by Gasteiger charge is 2.10. The van der Waals surface area contributed by atoms with E-state index in [4.69, 9.17) is 5.73 Å². The maximum absolute atomic E-state index is 11.6. The largest absolute Gasteiger partial charge is 0.507 e. The normalized spacial score (nSPS) is 12.2. The first-order chi connectivity index (χ1) is 7.00. The van der Waals surface area contributed by atoms with Gasteiger partial charge in [0.2, 0.25) is 0 Å². The number of phenols is 1. The topological polar surface area (TPSA) is 75.3 Å². The Morgan fingerprint density at radius 2 is 2.27 bits per heavy atom. The van der Waals surface area contributed by atoms with E-state index in [0.29, 0.717) is 6.54 Å². The molecular weight excluding hydrogens is 192 g/mol. The number of aromatic hydroxyl groups is 1. The van der Waals surface area contributed by atoms with Crippen molar-refractivity contribution in [3.63, 3.8) is 0 Å². The van der Waals surface area contributed by atoms with E-state index in [1.54, 1.807) is 19.1 Å². The summed E-state index contributed by atoms with van der Waals surface area (Å²) in [5, 5.41) is 12.1. The van der Waals surface area contributed by atoms with Crippen LogP contribution in [0.25, 0.3) is 0 Å². The molecule has 4 N–H and O–H groups in total. The molecular formula is C11H16N2O2. The molecule has 4 nitrogen and oxygen atoms in total. The van der Waals surface area contributed by atoms with Crippen molar-refractivity contribution in [2.24, 2.45) is 5.73 Å². The van der Waals surface area contributed by atoms with E-state index in [-0.39, 0.29) is 23.3 Å². The van der Waals surface area contributed by atoms with E-state index >= 15 is 0 Å². The first-order valence-electron chi connectivity index (χ1n) is 4.84. The molecule has 0 spiro atoms. The summed E-state index contributed by atoms with van der Waals surface area (Å²) in [6, 6.07) is 4.81. The number of amides is 1. The summed E-state index contributed by atoms with van der Waals surface area (Å²) in [6.45, 7) is 4.06. The fourth-order valence-corrected chi connectivity index (χ4v) is 1.18. The molecule has 0 aliphatic rings. The monoisotopic (exact) mass is 208 g/mol. The van der Waals surface area contributed by atoms with Crippen LogP contribution >= 0.6 is 0 Å². The van der Waals surface area contributed by atoms with E-state index in [2.05, 4.69) is 5.32 Å². The minimum Gasteiger partial charge on any atom is -0.507 e. The fourth-order valence-electron chi connectivity index (χ4n) is 1.18. The average Bonchev–Trinajstić information content (AvgIpc) is 2.18. The molecule has 0 radical (unpaired) electrons. The second kappa shape index (κ2) is 4.79. The number of hydrogen-bond acceptors (Lipinski definition) is 3. The summed E-state index contributed by atoms with van der Waals surface area (Å²) in [7, 11) is 0. The molecule has 1 amide bonds. The highest BCUT2D eigenvalue weighted by molar-refractivity contribution is 5.96. The minimum absolute atomic E-state index is 0.0113. The van der Waals surface area contributed by atoms with Crippen LogP contribution in [-0.4, -0.2) is 23.6 Å². The van der Waals surface area contributed by atoms with Gasteiger partial charge in [0, 0.05) is 12.6 Å². The molecule has 0 fully saturated rings. The molecule has 0 aliphatic carbocycles. The van der Waals surface area contributed by atoms with Crippen LogP contribution < -0.4 is 11.1 Å². The third-order valence-corrected chi connectivity index (χ3v) is 1.98. The second-order valence-electron chi connectivity index (χ2n) is 3.71. The summed E-state index contributed by atoms with van der Waals surface area (Å²) in [6.07, 6.45) is 0. The van der Waals surface area contributed by atoms with E-state index in [0.717, 1.165) is 5.56 Å². The maximum atomic E-state index is 11.6. The molecule has 0 saturated heterocycles. The van der Waals surface area contributed by atoms with Crippen molar-refractivity contribution in [2.45, 2.75) is 19.9 Å². The number of hydrogen-bond donors (Lipinski definition) is 3. The highest BCUT2D eigenvalue weighted by Crippen LogP contribution is 2.17. The van der Waals surface area contributed by atoms with Gasteiger partial charge in [0.15, 0.2) is 0 Å². The van der Waals surface area contributed by atoms with Gasteiger partial charge in [0.25, 0.3) is 5.91 Å². The molecule has 1 unspecified atom stereocenters. The van der Waals surface area contributed by atoms with E-state index in [1.807, 2.05) is 6.92 Å². The zero-order valence-corrected chi connectivity index (χ0v) is 8.95. The molecule has 15 heavy (non-hydrogen) atoms. The molecule has 0 saturated carbocycles. The molecule has 0 aliphatic heterocycles. The van der Waals surface area contributed by atoms with E-state index in [1.165, 1.54) is 6.07 Å². The minimum atomic E-state index is -0.298. The SMILES string of the molecule is Cc1ccc(O)c(C(=O)NCC(C)N)c1. The summed E-state index contributed by atoms with van der Waals surface area (Å²) in [4.78, 5) is 11.6. The number of carbonyl (C=O) groups excluding carboxylic acids is 1. The van der Waals surface area contributed by atoms with E-state index in [9.17, 15) is 9.90 Å². The smallest absolute Gasteiger partial charge is 0.255 e. The number of nitrogens with two attached hydrogens (primary N) is 1. The van der Waals surface area contributed by atoms with Gasteiger partial charge in [-0.25, -0.2) is 0 Å². The molecule has 0 aromatic heterocycles. The maximum Gasteiger partial charge on any atom is 0.255 e. The van der Waals surface area contributed by atoms with Gasteiger partial charge in [-0.3, -0.25) is 4.79 Å². The Morgan fingerprint density at radius 1 is 1.60 bits per heavy atom. The van der Waals surface area contributed by atoms with Crippen molar-refractivity contribution >= 4 is 5.91 Å². The molecule has 1 aromatic rings. The van der Waals surface area contributed by atoms with Gasteiger partial charge >= 0.3 is 0 Å². The number of benzene rings is 1. The standard InChI is InChI=1S/C11H16N2O2/c1-7-3-4-10(14)9(5-7)11(15)13-6-8(2)12/h3-5,8,14H,6,12H2,1-2H3,(H,13,15). The second-order valence-corrected chi connectivity index (χ2v) is 3.71.